The molecule has 3 aromatic rings. The number of nitrogens with zero attached hydrogens (tertiary/aromatic N) is 6. The van der Waals surface area contributed by atoms with Gasteiger partial charge in [-0.05, 0) is 31.7 Å². The van der Waals surface area contributed by atoms with Crippen LogP contribution < -0.4 is 0 Å². The third-order valence-electron chi connectivity index (χ3n) is 6.57. The molecule has 166 valence electrons. The molecule has 8 nitrogen and oxygen atoms in total. The average molecular weight is 433 g/mol. The van der Waals surface area contributed by atoms with Gasteiger partial charge in [0.05, 0.1) is 11.1 Å². The summed E-state index contributed by atoms with van der Waals surface area (Å²) in [6, 6.07) is 11.6. The number of hydrogen-bond acceptors (Lipinski definition) is 5. The molecule has 5 rings (SSSR count). The van der Waals surface area contributed by atoms with Crippen LogP contribution in [0.15, 0.2) is 48.8 Å². The van der Waals surface area contributed by atoms with Crippen LogP contribution in [-0.4, -0.2) is 87.6 Å². The van der Waals surface area contributed by atoms with Crippen molar-refractivity contribution in [3.05, 3.63) is 60.0 Å². The number of carbonyl (C=O) groups is 2. The lowest BCUT2D eigenvalue weighted by Crippen LogP contribution is -2.47. The maximum atomic E-state index is 13.4. The Balaban J connectivity index is 1.39. The highest BCUT2D eigenvalue weighted by molar-refractivity contribution is 6.06. The van der Waals surface area contributed by atoms with Gasteiger partial charge in [-0.2, -0.15) is 5.10 Å². The molecule has 2 fully saturated rings. The summed E-state index contributed by atoms with van der Waals surface area (Å²) in [5, 5.41) is 5.02. The van der Waals surface area contributed by atoms with E-state index in [-0.39, 0.29) is 24.3 Å². The molecule has 0 unspecified atom stereocenters. The Morgan fingerprint density at radius 2 is 1.84 bits per heavy atom. The molecule has 4 heterocycles. The largest absolute Gasteiger partial charge is 0.340 e. The molecule has 2 amide bonds. The number of likely N-dealkylation sites (tertiary alicyclic amines) is 1. The van der Waals surface area contributed by atoms with Crippen LogP contribution in [0.3, 0.4) is 0 Å². The van der Waals surface area contributed by atoms with Gasteiger partial charge in [-0.1, -0.05) is 18.2 Å². The molecule has 0 aliphatic carbocycles. The van der Waals surface area contributed by atoms with Crippen molar-refractivity contribution in [3.63, 3.8) is 0 Å². The minimum absolute atomic E-state index is 0.0609. The molecule has 0 radical (unpaired) electrons. The van der Waals surface area contributed by atoms with Crippen molar-refractivity contribution in [3.8, 4) is 0 Å². The van der Waals surface area contributed by atoms with Gasteiger partial charge in [-0.3, -0.25) is 19.3 Å². The number of hydrogen-bond donors (Lipinski definition) is 0. The predicted octanol–water partition coefficient (Wildman–Crippen LogP) is 1.83. The van der Waals surface area contributed by atoms with Gasteiger partial charge in [0.25, 0.3) is 5.91 Å². The number of rotatable bonds is 4. The number of fused-ring (bicyclic) bond motifs is 1. The first-order chi connectivity index (χ1) is 15.6. The molecule has 0 saturated carbocycles. The summed E-state index contributed by atoms with van der Waals surface area (Å²) in [5.74, 6) is 0.258. The third-order valence-corrected chi connectivity index (χ3v) is 6.57. The van der Waals surface area contributed by atoms with Crippen LogP contribution >= 0.6 is 0 Å². The normalized spacial score (nSPS) is 19.6. The Morgan fingerprint density at radius 1 is 1.03 bits per heavy atom. The SMILES string of the molecule is CN1CCN(C(=O)c2cc([C@H]3CCN(C(=O)Cn4cccn4)C3)nc3ccccc23)CC1. The quantitative estimate of drug-likeness (QED) is 0.629. The summed E-state index contributed by atoms with van der Waals surface area (Å²) < 4.78 is 1.65. The first kappa shape index (κ1) is 20.6. The van der Waals surface area contributed by atoms with E-state index in [9.17, 15) is 9.59 Å². The van der Waals surface area contributed by atoms with Gasteiger partial charge >= 0.3 is 0 Å². The molecule has 0 spiro atoms. The summed E-state index contributed by atoms with van der Waals surface area (Å²) in [5.41, 5.74) is 2.45. The molecule has 1 atom stereocenters. The predicted molar refractivity (Wildman–Crippen MR) is 121 cm³/mol. The van der Waals surface area contributed by atoms with Crippen LogP contribution in [0.4, 0.5) is 0 Å². The molecular formula is C24H28N6O2. The second-order valence-electron chi connectivity index (χ2n) is 8.74. The topological polar surface area (TPSA) is 74.6 Å². The number of para-hydroxylation sites is 1. The maximum absolute atomic E-state index is 13.4. The lowest BCUT2D eigenvalue weighted by molar-refractivity contribution is -0.131. The fourth-order valence-corrected chi connectivity index (χ4v) is 4.62. The summed E-state index contributed by atoms with van der Waals surface area (Å²) in [6.45, 7) is 4.81. The zero-order valence-corrected chi connectivity index (χ0v) is 18.4. The van der Waals surface area contributed by atoms with Gasteiger partial charge in [0.15, 0.2) is 0 Å². The van der Waals surface area contributed by atoms with Gasteiger partial charge < -0.3 is 14.7 Å². The molecule has 0 bridgehead atoms. The highest BCUT2D eigenvalue weighted by Crippen LogP contribution is 2.30. The number of likely N-dealkylation sites (N-methyl/N-ethyl adjacent to an activating group) is 1. The van der Waals surface area contributed by atoms with Crippen molar-refractivity contribution in [1.82, 2.24) is 29.5 Å². The van der Waals surface area contributed by atoms with E-state index < -0.39 is 0 Å². The van der Waals surface area contributed by atoms with E-state index in [1.54, 1.807) is 17.1 Å². The summed E-state index contributed by atoms with van der Waals surface area (Å²) in [6.07, 6.45) is 4.32. The van der Waals surface area contributed by atoms with E-state index in [1.807, 2.05) is 46.2 Å². The number of piperazine rings is 1. The zero-order chi connectivity index (χ0) is 22.1. The minimum Gasteiger partial charge on any atom is -0.340 e. The highest BCUT2D eigenvalue weighted by Gasteiger charge is 2.30. The Hall–Kier alpha value is -3.26. The van der Waals surface area contributed by atoms with Crippen molar-refractivity contribution in [1.29, 1.82) is 0 Å². The minimum atomic E-state index is 0.0609. The van der Waals surface area contributed by atoms with Gasteiger partial charge in [-0.25, -0.2) is 0 Å². The average Bonchev–Trinajstić information content (AvgIpc) is 3.51. The second-order valence-corrected chi connectivity index (χ2v) is 8.74. The lowest BCUT2D eigenvalue weighted by Gasteiger charge is -2.32. The Bertz CT molecular complexity index is 1120. The monoisotopic (exact) mass is 432 g/mol. The zero-order valence-electron chi connectivity index (χ0n) is 18.4. The number of pyridine rings is 1. The van der Waals surface area contributed by atoms with Crippen LogP contribution in [0.25, 0.3) is 10.9 Å². The summed E-state index contributed by atoms with van der Waals surface area (Å²) >= 11 is 0. The van der Waals surface area contributed by atoms with Crippen molar-refractivity contribution < 1.29 is 9.59 Å². The van der Waals surface area contributed by atoms with Crippen molar-refractivity contribution in [2.75, 3.05) is 46.3 Å². The Labute approximate surface area is 187 Å². The van der Waals surface area contributed by atoms with Crippen LogP contribution in [0.5, 0.6) is 0 Å². The van der Waals surface area contributed by atoms with E-state index >= 15 is 0 Å². The number of carbonyl (C=O) groups excluding carboxylic acids is 2. The van der Waals surface area contributed by atoms with E-state index in [2.05, 4.69) is 17.0 Å². The number of aromatic nitrogens is 3. The van der Waals surface area contributed by atoms with Crippen LogP contribution in [0.2, 0.25) is 0 Å². The molecular weight excluding hydrogens is 404 g/mol. The summed E-state index contributed by atoms with van der Waals surface area (Å²) in [4.78, 5) is 37.1. The second kappa shape index (κ2) is 8.70. The fourth-order valence-electron chi connectivity index (χ4n) is 4.62. The molecule has 2 aromatic heterocycles. The van der Waals surface area contributed by atoms with E-state index in [1.165, 1.54) is 0 Å². The highest BCUT2D eigenvalue weighted by atomic mass is 16.2. The van der Waals surface area contributed by atoms with Crippen LogP contribution in [0, 0.1) is 0 Å². The molecule has 32 heavy (non-hydrogen) atoms. The molecule has 1 aromatic carbocycles. The van der Waals surface area contributed by atoms with Crippen molar-refractivity contribution in [2.24, 2.45) is 0 Å². The Kier molecular flexibility index (Phi) is 5.61. The van der Waals surface area contributed by atoms with E-state index in [0.29, 0.717) is 13.1 Å². The molecule has 2 aliphatic heterocycles. The first-order valence-corrected chi connectivity index (χ1v) is 11.2. The molecule has 2 aliphatic rings. The van der Waals surface area contributed by atoms with Gasteiger partial charge in [-0.15, -0.1) is 0 Å². The smallest absolute Gasteiger partial charge is 0.254 e. The first-order valence-electron chi connectivity index (χ1n) is 11.2. The van der Waals surface area contributed by atoms with E-state index in [4.69, 9.17) is 4.98 Å². The van der Waals surface area contributed by atoms with Gasteiger partial charge in [0, 0.05) is 68.7 Å². The van der Waals surface area contributed by atoms with Crippen molar-refractivity contribution in [2.45, 2.75) is 18.9 Å². The fraction of sp³-hybridized carbons (Fsp3) is 0.417. The molecule has 2 saturated heterocycles. The molecule has 8 heteroatoms. The maximum Gasteiger partial charge on any atom is 0.254 e. The molecule has 0 N–H and O–H groups in total. The number of amides is 2. The Morgan fingerprint density at radius 3 is 2.62 bits per heavy atom. The number of benzene rings is 1. The lowest BCUT2D eigenvalue weighted by atomic mass is 9.98. The third kappa shape index (κ3) is 4.10. The van der Waals surface area contributed by atoms with Gasteiger partial charge in [0.1, 0.15) is 6.54 Å². The standard InChI is InChI=1S/C24H28N6O2/c1-27-11-13-28(14-12-27)24(32)20-15-22(26-21-6-3-2-5-19(20)21)18-7-10-29(16-18)23(31)17-30-9-4-8-25-30/h2-6,8-9,15,18H,7,10-14,16-17H2,1H3/t18-/m0/s1. The summed E-state index contributed by atoms with van der Waals surface area (Å²) in [7, 11) is 2.08. The van der Waals surface area contributed by atoms with Gasteiger partial charge in [0.2, 0.25) is 5.91 Å². The van der Waals surface area contributed by atoms with E-state index in [0.717, 1.165) is 54.8 Å². The van der Waals surface area contributed by atoms with Crippen molar-refractivity contribution >= 4 is 22.7 Å². The van der Waals surface area contributed by atoms with Crippen LogP contribution in [-0.2, 0) is 11.3 Å². The van der Waals surface area contributed by atoms with Crippen LogP contribution in [0.1, 0.15) is 28.4 Å².